The average Bonchev–Trinajstić information content (AvgIpc) is 2.70. The van der Waals surface area contributed by atoms with Crippen LogP contribution in [0.2, 0.25) is 0 Å². The second kappa shape index (κ2) is 28.6. The van der Waals surface area contributed by atoms with Gasteiger partial charge >= 0.3 is 0 Å². The number of carbonyl (C=O) groups is 2. The summed E-state index contributed by atoms with van der Waals surface area (Å²) in [6.45, 7) is 3.10. The number of hydroxylamine groups is 2. The van der Waals surface area contributed by atoms with Crippen LogP contribution in [0.15, 0.2) is 0 Å². The Morgan fingerprint density at radius 2 is 1.12 bits per heavy atom. The summed E-state index contributed by atoms with van der Waals surface area (Å²) >= 11 is 0. The average molecular weight is 424 g/mol. The lowest BCUT2D eigenvalue weighted by atomic mass is 10.3. The fraction of sp³-hybridized carbons (Fsp3) is 0.800. The van der Waals surface area contributed by atoms with E-state index >= 15 is 0 Å². The fourth-order valence-corrected chi connectivity index (χ4v) is 1.42. The Morgan fingerprint density at radius 3 is 1.27 bits per heavy atom. The van der Waals surface area contributed by atoms with Gasteiger partial charge in [0.15, 0.2) is 16.9 Å². The molecule has 0 saturated heterocycles. The molecular formula is C10H26N4O10P2. The summed E-state index contributed by atoms with van der Waals surface area (Å²) in [5.74, 6) is -1.08. The quantitative estimate of drug-likeness (QED) is 0.103. The molecule has 0 aromatic heterocycles. The van der Waals surface area contributed by atoms with Gasteiger partial charge in [-0.2, -0.15) is 0 Å². The van der Waals surface area contributed by atoms with Crippen molar-refractivity contribution in [3.8, 4) is 0 Å². The number of rotatable bonds is 9. The van der Waals surface area contributed by atoms with Crippen molar-refractivity contribution in [2.45, 2.75) is 25.9 Å². The van der Waals surface area contributed by atoms with E-state index in [4.69, 9.17) is 20.9 Å². The van der Waals surface area contributed by atoms with E-state index in [0.717, 1.165) is 0 Å². The molecule has 26 heavy (non-hydrogen) atoms. The van der Waals surface area contributed by atoms with Crippen LogP contribution in [-0.2, 0) is 28.5 Å². The maximum Gasteiger partial charge on any atom is 0.260 e. The van der Waals surface area contributed by atoms with Crippen LogP contribution in [-0.4, -0.2) is 71.6 Å². The minimum atomic E-state index is -0.538. The molecule has 0 aromatic rings. The summed E-state index contributed by atoms with van der Waals surface area (Å²) in [6, 6.07) is -1.04. The first-order chi connectivity index (χ1) is 12.4. The molecule has 0 saturated carbocycles. The monoisotopic (exact) mass is 424 g/mol. The van der Waals surface area contributed by atoms with Crippen molar-refractivity contribution in [2.24, 2.45) is 0 Å². The Hall–Kier alpha value is -1.18. The molecule has 0 spiro atoms. The van der Waals surface area contributed by atoms with E-state index in [1.165, 1.54) is 25.2 Å². The van der Waals surface area contributed by atoms with Crippen LogP contribution in [0.3, 0.4) is 0 Å². The van der Waals surface area contributed by atoms with E-state index in [0.29, 0.717) is 0 Å². The van der Waals surface area contributed by atoms with Crippen LogP contribution in [0.4, 0.5) is 0 Å². The molecule has 16 heteroatoms. The van der Waals surface area contributed by atoms with Gasteiger partial charge in [-0.3, -0.25) is 50.3 Å². The van der Waals surface area contributed by atoms with Gasteiger partial charge in [0.25, 0.3) is 11.8 Å². The molecule has 0 bridgehead atoms. The van der Waals surface area contributed by atoms with Crippen LogP contribution in [0.25, 0.3) is 0 Å². The number of hydrogen-bond donors (Lipinski definition) is 8. The Bertz CT molecular complexity index is 322. The predicted octanol–water partition coefficient (Wildman–Crippen LogP) is -0.350. The number of carbonyl (C=O) groups excluding carboxylic acids is 2. The molecule has 0 rings (SSSR count). The maximum absolute atomic E-state index is 10.5. The van der Waals surface area contributed by atoms with Crippen LogP contribution >= 0.6 is 16.9 Å². The lowest BCUT2D eigenvalue weighted by Crippen LogP contribution is -2.40. The minimum absolute atomic E-state index is 0.0715. The zero-order valence-electron chi connectivity index (χ0n) is 14.7. The molecule has 2 unspecified atom stereocenters. The van der Waals surface area contributed by atoms with Gasteiger partial charge in [0.1, 0.15) is 0 Å². The first-order valence-electron chi connectivity index (χ1n) is 6.55. The van der Waals surface area contributed by atoms with E-state index in [1.807, 2.05) is 0 Å². The summed E-state index contributed by atoms with van der Waals surface area (Å²) < 4.78 is 19.7. The van der Waals surface area contributed by atoms with Crippen molar-refractivity contribution in [2.75, 3.05) is 26.8 Å². The minimum Gasteiger partial charge on any atom is -0.296 e. The second-order valence-electron chi connectivity index (χ2n) is 3.71. The Morgan fingerprint density at radius 1 is 0.846 bits per heavy atom. The number of nitrogens with one attached hydrogen (secondary N) is 4. The van der Waals surface area contributed by atoms with Crippen LogP contribution in [0.5, 0.6) is 0 Å². The van der Waals surface area contributed by atoms with Gasteiger partial charge < -0.3 is 0 Å². The Labute approximate surface area is 153 Å². The van der Waals surface area contributed by atoms with Gasteiger partial charge in [-0.05, 0) is 13.8 Å². The summed E-state index contributed by atoms with van der Waals surface area (Å²) in [5.41, 5.74) is 2.93. The molecule has 0 aliphatic rings. The van der Waals surface area contributed by atoms with Crippen molar-refractivity contribution >= 4 is 28.7 Å². The maximum atomic E-state index is 10.5. The highest BCUT2D eigenvalue weighted by Gasteiger charge is 2.09. The topological polar surface area (TPSA) is 216 Å². The highest BCUT2D eigenvalue weighted by Crippen LogP contribution is 1.88. The van der Waals surface area contributed by atoms with E-state index in [2.05, 4.69) is 20.4 Å². The first kappa shape index (κ1) is 32.5. The SMILES string of the molecule is CC(NCP=O)C(=O)NO.CC(NCP=O)C(=O)NO.COOC.OO. The van der Waals surface area contributed by atoms with Crippen molar-refractivity contribution in [3.63, 3.8) is 0 Å². The zero-order valence-corrected chi connectivity index (χ0v) is 16.5. The van der Waals surface area contributed by atoms with Crippen molar-refractivity contribution < 1.29 is 49.4 Å². The molecule has 2 atom stereocenters. The highest BCUT2D eigenvalue weighted by atomic mass is 31.1. The molecule has 8 N–H and O–H groups in total. The van der Waals surface area contributed by atoms with Gasteiger partial charge in [0.2, 0.25) is 0 Å². The molecule has 0 radical (unpaired) electrons. The lowest BCUT2D eigenvalue weighted by molar-refractivity contribution is -0.248. The van der Waals surface area contributed by atoms with E-state index in [1.54, 1.807) is 13.8 Å². The first-order valence-corrected chi connectivity index (χ1v) is 8.55. The number of amides is 2. The smallest absolute Gasteiger partial charge is 0.260 e. The third-order valence-corrected chi connectivity index (χ3v) is 2.72. The van der Waals surface area contributed by atoms with Gasteiger partial charge in [-0.25, -0.2) is 20.7 Å². The third kappa shape index (κ3) is 27.7. The summed E-state index contributed by atoms with van der Waals surface area (Å²) in [4.78, 5) is 29.1. The van der Waals surface area contributed by atoms with Crippen molar-refractivity contribution in [1.29, 1.82) is 0 Å². The third-order valence-electron chi connectivity index (χ3n) is 2.10. The molecule has 0 heterocycles. The number of hydrogen-bond acceptors (Lipinski definition) is 12. The van der Waals surface area contributed by atoms with Crippen LogP contribution < -0.4 is 21.6 Å². The van der Waals surface area contributed by atoms with Crippen molar-refractivity contribution in [3.05, 3.63) is 0 Å². The Kier molecular flexibility index (Phi) is 35.8. The van der Waals surface area contributed by atoms with Gasteiger partial charge in [-0.15, -0.1) is 0 Å². The summed E-state index contributed by atoms with van der Waals surface area (Å²) in [5, 5.41) is 33.3. The molecule has 0 fully saturated rings. The lowest BCUT2D eigenvalue weighted by Gasteiger charge is -2.06. The highest BCUT2D eigenvalue weighted by molar-refractivity contribution is 7.23. The molecule has 14 nitrogen and oxygen atoms in total. The normalized spacial score (nSPS) is 11.4. The van der Waals surface area contributed by atoms with E-state index in [9.17, 15) is 18.7 Å². The summed E-state index contributed by atoms with van der Waals surface area (Å²) in [7, 11) is 2.77. The predicted molar refractivity (Wildman–Crippen MR) is 89.3 cm³/mol. The fourth-order valence-electron chi connectivity index (χ4n) is 0.727. The second-order valence-corrected chi connectivity index (χ2v) is 4.86. The Balaban J connectivity index is -0.000000143. The molecular weight excluding hydrogens is 398 g/mol. The van der Waals surface area contributed by atoms with E-state index in [-0.39, 0.29) is 29.5 Å². The van der Waals surface area contributed by atoms with Gasteiger partial charge in [-0.1, -0.05) is 0 Å². The zero-order chi connectivity index (χ0) is 21.4. The molecule has 156 valence electrons. The standard InChI is InChI=1S/2C4H9N2O3P.C2H6O2.H2O2/c2*1-3(4(7)6-8)5-2-10-9;1-3-4-2;1-2/h2*3,5,8H,2H2,1H3,(H,6,7);1-2H3;1-2H. The largest absolute Gasteiger partial charge is 0.296 e. The van der Waals surface area contributed by atoms with Crippen LogP contribution in [0.1, 0.15) is 13.8 Å². The molecule has 0 aromatic carbocycles. The van der Waals surface area contributed by atoms with Crippen LogP contribution in [0, 0.1) is 0 Å². The molecule has 0 aliphatic heterocycles. The summed E-state index contributed by atoms with van der Waals surface area (Å²) in [6.07, 6.45) is 0.406. The van der Waals surface area contributed by atoms with Gasteiger partial charge in [0, 0.05) is 0 Å². The van der Waals surface area contributed by atoms with Gasteiger partial charge in [0.05, 0.1) is 38.9 Å². The molecule has 2 amide bonds. The van der Waals surface area contributed by atoms with Crippen molar-refractivity contribution in [1.82, 2.24) is 21.6 Å². The molecule has 0 aliphatic carbocycles. The van der Waals surface area contributed by atoms with E-state index < -0.39 is 23.9 Å².